The van der Waals surface area contributed by atoms with Crippen molar-refractivity contribution in [1.29, 1.82) is 0 Å². The van der Waals surface area contributed by atoms with Crippen LogP contribution in [-0.4, -0.2) is 107 Å². The Morgan fingerprint density at radius 2 is 1.63 bits per heavy atom. The van der Waals surface area contributed by atoms with Crippen molar-refractivity contribution in [2.24, 2.45) is 0 Å². The summed E-state index contributed by atoms with van der Waals surface area (Å²) in [5, 5.41) is 77.7. The quantitative estimate of drug-likeness (QED) is 0.120. The van der Waals surface area contributed by atoms with Gasteiger partial charge in [0.25, 0.3) is 35.1 Å². The summed E-state index contributed by atoms with van der Waals surface area (Å²) in [4.78, 5) is 39.2. The molecule has 1 atom stereocenters. The monoisotopic (exact) mass is 578 g/mol. The highest BCUT2D eigenvalue weighted by atomic mass is 19.1. The van der Waals surface area contributed by atoms with Crippen molar-refractivity contribution in [3.63, 3.8) is 0 Å². The number of amides is 3. The zero-order valence-electron chi connectivity index (χ0n) is 21.2. The van der Waals surface area contributed by atoms with Gasteiger partial charge in [0.15, 0.2) is 0 Å². The molecule has 16 heteroatoms. The van der Waals surface area contributed by atoms with E-state index < -0.39 is 62.8 Å². The van der Waals surface area contributed by atoms with E-state index in [-0.39, 0.29) is 17.8 Å². The Balaban J connectivity index is 1.43. The molecule has 220 valence electrons. The predicted octanol–water partition coefficient (Wildman–Crippen LogP) is -3.47. The Bertz CT molecular complexity index is 1430. The number of fused-ring (bicyclic) bond motifs is 1. The minimum absolute atomic E-state index is 0.162. The molecule has 3 aliphatic rings. The molecule has 2 fully saturated rings. The van der Waals surface area contributed by atoms with Crippen LogP contribution in [0.1, 0.15) is 27.0 Å². The van der Waals surface area contributed by atoms with Crippen LogP contribution in [0, 0.1) is 5.82 Å². The summed E-state index contributed by atoms with van der Waals surface area (Å²) >= 11 is 0. The van der Waals surface area contributed by atoms with Gasteiger partial charge in [-0.15, -0.1) is 0 Å². The van der Waals surface area contributed by atoms with Crippen LogP contribution in [0.3, 0.4) is 0 Å². The van der Waals surface area contributed by atoms with Gasteiger partial charge in [0, 0.05) is 37.4 Å². The number of halogens is 1. The number of ether oxygens (including phenoxy) is 1. The van der Waals surface area contributed by atoms with Gasteiger partial charge < -0.3 is 45.8 Å². The highest BCUT2D eigenvalue weighted by Crippen LogP contribution is 2.48. The Morgan fingerprint density at radius 3 is 2.29 bits per heavy atom. The van der Waals surface area contributed by atoms with Gasteiger partial charge in [0.2, 0.25) is 0 Å². The number of morpholine rings is 1. The lowest BCUT2D eigenvalue weighted by molar-refractivity contribution is -0.433. The van der Waals surface area contributed by atoms with Crippen LogP contribution in [0.25, 0.3) is 0 Å². The van der Waals surface area contributed by atoms with Gasteiger partial charge in [0.05, 0.1) is 24.3 Å². The molecule has 0 saturated carbocycles. The smallest absolute Gasteiger partial charge is 0.306 e. The van der Waals surface area contributed by atoms with Crippen LogP contribution in [-0.2, 0) is 33.3 Å². The van der Waals surface area contributed by atoms with Crippen LogP contribution < -0.4 is 10.6 Å². The van der Waals surface area contributed by atoms with Crippen molar-refractivity contribution in [1.82, 2.24) is 15.1 Å². The predicted molar refractivity (Wildman–Crippen MR) is 131 cm³/mol. The second-order valence-corrected chi connectivity index (χ2v) is 9.97. The number of imide groups is 1. The molecule has 2 saturated heterocycles. The van der Waals surface area contributed by atoms with E-state index in [1.54, 1.807) is 6.07 Å². The highest BCUT2D eigenvalue weighted by Gasteiger charge is 2.79. The van der Waals surface area contributed by atoms with Crippen molar-refractivity contribution in [3.05, 3.63) is 64.5 Å². The maximum atomic E-state index is 14.9. The van der Waals surface area contributed by atoms with E-state index in [2.05, 4.69) is 10.2 Å². The summed E-state index contributed by atoms with van der Waals surface area (Å²) in [6.07, 6.45) is 0. The van der Waals surface area contributed by atoms with Gasteiger partial charge in [-0.3, -0.25) is 24.6 Å². The summed E-state index contributed by atoms with van der Waals surface area (Å²) in [5.74, 6) is -18.8. The lowest BCUT2D eigenvalue weighted by atomic mass is 9.86. The molecule has 9 N–H and O–H groups in total. The van der Waals surface area contributed by atoms with Gasteiger partial charge in [0.1, 0.15) is 5.82 Å². The third-order valence-corrected chi connectivity index (χ3v) is 7.40. The van der Waals surface area contributed by atoms with Crippen molar-refractivity contribution in [3.8, 4) is 0 Å². The Hall–Kier alpha value is -3.58. The third kappa shape index (κ3) is 4.28. The molecule has 2 aromatic rings. The molecule has 1 unspecified atom stereocenters. The summed E-state index contributed by atoms with van der Waals surface area (Å²) < 4.78 is 20.2. The van der Waals surface area contributed by atoms with Crippen LogP contribution in [0.4, 0.5) is 10.1 Å². The average Bonchev–Trinajstić information content (AvgIpc) is 3.12. The van der Waals surface area contributed by atoms with Crippen LogP contribution in [0.15, 0.2) is 36.4 Å². The summed E-state index contributed by atoms with van der Waals surface area (Å²) in [7, 11) is 0. The van der Waals surface area contributed by atoms with Gasteiger partial charge in [-0.1, -0.05) is 18.2 Å². The van der Waals surface area contributed by atoms with E-state index >= 15 is 0 Å². The molecule has 0 spiro atoms. The molecule has 0 bridgehead atoms. The number of aliphatic hydroxyl groups is 7. The Labute approximate surface area is 230 Å². The standard InChI is InChI=1S/C25H27FN4O11/c26-16-10-13(12-29-6-8-41-9-7-29)4-5-14(16)11-27-17-3-1-2-15-18(17)24(37,38)30(19(15)31)22(34)20(32)28-21(33)23(35,36)25(22,39)40/h1-5,10,27,34-40H,6-9,11-12H2,(H,28,32,33). The van der Waals surface area contributed by atoms with E-state index in [9.17, 15) is 54.5 Å². The Morgan fingerprint density at radius 1 is 0.951 bits per heavy atom. The number of rotatable bonds is 6. The maximum Gasteiger partial charge on any atom is 0.306 e. The molecule has 3 amide bonds. The largest absolute Gasteiger partial charge is 0.380 e. The van der Waals surface area contributed by atoms with E-state index in [1.165, 1.54) is 29.6 Å². The molecule has 3 aliphatic heterocycles. The zero-order chi connectivity index (χ0) is 30.0. The molecule has 15 nitrogen and oxygen atoms in total. The average molecular weight is 579 g/mol. The third-order valence-electron chi connectivity index (χ3n) is 7.40. The first-order valence-corrected chi connectivity index (χ1v) is 12.4. The number of carbonyl (C=O) groups is 3. The van der Waals surface area contributed by atoms with Crippen LogP contribution in [0.2, 0.25) is 0 Å². The molecule has 5 rings (SSSR count). The first kappa shape index (κ1) is 28.9. The molecule has 0 aromatic heterocycles. The van der Waals surface area contributed by atoms with Crippen molar-refractivity contribution in [2.75, 3.05) is 31.6 Å². The number of hydrogen-bond acceptors (Lipinski definition) is 13. The molecule has 2 aromatic carbocycles. The lowest BCUT2D eigenvalue weighted by Crippen LogP contribution is -2.87. The second-order valence-electron chi connectivity index (χ2n) is 9.97. The van der Waals surface area contributed by atoms with E-state index in [0.717, 1.165) is 11.6 Å². The fourth-order valence-electron chi connectivity index (χ4n) is 5.12. The number of nitrogens with one attached hydrogen (secondary N) is 2. The fraction of sp³-hybridized carbons (Fsp3) is 0.400. The number of hydrogen-bond donors (Lipinski definition) is 9. The van der Waals surface area contributed by atoms with Gasteiger partial charge in [-0.25, -0.2) is 9.29 Å². The number of benzene rings is 2. The zero-order valence-corrected chi connectivity index (χ0v) is 21.2. The summed E-state index contributed by atoms with van der Waals surface area (Å²) in [6.45, 7) is 2.87. The summed E-state index contributed by atoms with van der Waals surface area (Å²) in [6, 6.07) is 8.15. The van der Waals surface area contributed by atoms with Crippen LogP contribution >= 0.6 is 0 Å². The SMILES string of the molecule is O=C1c2cccc(NCc3ccc(CN4CCOCC4)cc3F)c2C(O)(O)N1C1(O)C(=O)NC(=O)C(O)(O)C1(O)O. The van der Waals surface area contributed by atoms with E-state index in [0.29, 0.717) is 32.8 Å². The molecule has 41 heavy (non-hydrogen) atoms. The number of anilines is 1. The number of carbonyl (C=O) groups excluding carboxylic acids is 3. The molecular weight excluding hydrogens is 551 g/mol. The molecular formula is C25H27FN4O11. The highest BCUT2D eigenvalue weighted by molar-refractivity contribution is 6.10. The number of piperidine rings is 1. The maximum absolute atomic E-state index is 14.9. The van der Waals surface area contributed by atoms with Crippen LogP contribution in [0.5, 0.6) is 0 Å². The number of nitrogens with zero attached hydrogens (tertiary/aromatic N) is 2. The first-order chi connectivity index (χ1) is 19.1. The first-order valence-electron chi connectivity index (χ1n) is 12.4. The van der Waals surface area contributed by atoms with Gasteiger partial charge in [-0.2, -0.15) is 0 Å². The van der Waals surface area contributed by atoms with Gasteiger partial charge >= 0.3 is 5.79 Å². The topological polar surface area (TPSA) is 233 Å². The molecule has 3 heterocycles. The van der Waals surface area contributed by atoms with E-state index in [4.69, 9.17) is 4.74 Å². The lowest BCUT2D eigenvalue weighted by Gasteiger charge is -2.51. The molecule has 0 radical (unpaired) electrons. The normalized spacial score (nSPS) is 25.2. The fourth-order valence-corrected chi connectivity index (χ4v) is 5.12. The van der Waals surface area contributed by atoms with Crippen molar-refractivity contribution < 1.29 is 59.3 Å². The minimum Gasteiger partial charge on any atom is -0.380 e. The second kappa shape index (κ2) is 9.76. The van der Waals surface area contributed by atoms with E-state index in [1.807, 2.05) is 0 Å². The summed E-state index contributed by atoms with van der Waals surface area (Å²) in [5.41, 5.74) is -4.78. The van der Waals surface area contributed by atoms with Gasteiger partial charge in [-0.05, 0) is 23.8 Å². The van der Waals surface area contributed by atoms with Crippen molar-refractivity contribution >= 4 is 23.4 Å². The van der Waals surface area contributed by atoms with Crippen molar-refractivity contribution in [2.45, 2.75) is 36.3 Å². The molecule has 0 aliphatic carbocycles. The Kier molecular flexibility index (Phi) is 6.89. The minimum atomic E-state index is -4.55.